The number of methoxy groups -OCH3 is 1. The monoisotopic (exact) mass is 437 g/mol. The smallest absolute Gasteiger partial charge is 0.328 e. The van der Waals surface area contributed by atoms with Crippen molar-refractivity contribution < 1.29 is 43.9 Å². The van der Waals surface area contributed by atoms with Crippen molar-refractivity contribution in [2.75, 3.05) is 33.4 Å². The van der Waals surface area contributed by atoms with Gasteiger partial charge in [0.05, 0.1) is 19.1 Å². The molecule has 0 aromatic heterocycles. The lowest BCUT2D eigenvalue weighted by molar-refractivity contribution is -0.152. The Morgan fingerprint density at radius 1 is 1.16 bits per heavy atom. The summed E-state index contributed by atoms with van der Waals surface area (Å²) >= 11 is 0. The summed E-state index contributed by atoms with van der Waals surface area (Å²) < 4.78 is 16.4. The molecule has 2 aliphatic rings. The molecule has 0 spiro atoms. The van der Waals surface area contributed by atoms with Crippen LogP contribution in [0.3, 0.4) is 0 Å². The Labute approximate surface area is 179 Å². The van der Waals surface area contributed by atoms with Gasteiger partial charge >= 0.3 is 17.9 Å². The molecule has 3 atom stereocenters. The normalized spacial score (nSPS) is 22.8. The number of likely N-dealkylation sites (tertiary alicyclic amines) is 1. The molecular weight excluding hydrogens is 410 g/mol. The van der Waals surface area contributed by atoms with Crippen LogP contribution in [0, 0.1) is 5.92 Å². The van der Waals surface area contributed by atoms with Crippen LogP contribution in [0.15, 0.2) is 36.4 Å². The number of hydrogen-bond acceptors (Lipinski definition) is 8. The molecular formula is C21H27NO9. The maximum atomic E-state index is 11.7. The van der Waals surface area contributed by atoms with Crippen LogP contribution in [-0.4, -0.2) is 83.7 Å². The molecule has 0 saturated carbocycles. The van der Waals surface area contributed by atoms with Gasteiger partial charge in [-0.2, -0.15) is 0 Å². The number of aliphatic hydroxyl groups excluding tert-OH is 1. The topological polar surface area (TPSA) is 143 Å². The lowest BCUT2D eigenvalue weighted by Crippen LogP contribution is -2.48. The highest BCUT2D eigenvalue weighted by Crippen LogP contribution is 2.31. The molecule has 1 fully saturated rings. The summed E-state index contributed by atoms with van der Waals surface area (Å²) in [4.78, 5) is 33.0. The third-order valence-corrected chi connectivity index (χ3v) is 4.87. The van der Waals surface area contributed by atoms with Crippen molar-refractivity contribution in [2.45, 2.75) is 25.0 Å². The van der Waals surface area contributed by atoms with Crippen LogP contribution in [0.5, 0.6) is 11.5 Å². The Balaban J connectivity index is 0.000000366. The number of aliphatic hydroxyl groups is 1. The van der Waals surface area contributed by atoms with Crippen LogP contribution < -0.4 is 9.47 Å². The van der Waals surface area contributed by atoms with Crippen molar-refractivity contribution >= 4 is 17.9 Å². The van der Waals surface area contributed by atoms with E-state index in [1.807, 2.05) is 24.3 Å². The van der Waals surface area contributed by atoms with Crippen molar-refractivity contribution in [3.8, 4) is 11.5 Å². The van der Waals surface area contributed by atoms with Crippen LogP contribution in [-0.2, 0) is 19.1 Å². The third-order valence-electron chi connectivity index (χ3n) is 4.87. The first kappa shape index (κ1) is 24.2. The number of carbonyl (C=O) groups is 3. The number of piperidine rings is 1. The number of carboxylic acid groups (broad SMARTS) is 2. The lowest BCUT2D eigenvalue weighted by Gasteiger charge is -2.35. The van der Waals surface area contributed by atoms with E-state index < -0.39 is 24.0 Å². The standard InChI is InChI=1S/C17H23NO5.C4H4O4/c1-21-17(20)13-10-18(9-7-14(13)19)8-6-12-11-22-15-4-2-3-5-16(15)23-12;5-3(6)1-2-4(7)8/h2-5,12-14,19H,6-11H2,1H3;1-2H,(H,5,6)(H,7,8)/t12?,13-,14-;/m1./s1. The average Bonchev–Trinajstić information content (AvgIpc) is 2.77. The summed E-state index contributed by atoms with van der Waals surface area (Å²) in [6, 6.07) is 7.66. The van der Waals surface area contributed by atoms with E-state index in [0.717, 1.165) is 31.0 Å². The summed E-state index contributed by atoms with van der Waals surface area (Å²) in [7, 11) is 1.36. The van der Waals surface area contributed by atoms with Gasteiger partial charge in [-0.05, 0) is 18.6 Å². The molecule has 2 heterocycles. The highest BCUT2D eigenvalue weighted by atomic mass is 16.6. The molecule has 0 amide bonds. The van der Waals surface area contributed by atoms with Gasteiger partial charge in [-0.25, -0.2) is 9.59 Å². The average molecular weight is 437 g/mol. The Hall–Kier alpha value is -3.11. The number of carboxylic acids is 2. The Morgan fingerprint density at radius 2 is 1.81 bits per heavy atom. The van der Waals surface area contributed by atoms with Crippen LogP contribution >= 0.6 is 0 Å². The van der Waals surface area contributed by atoms with Gasteiger partial charge in [-0.15, -0.1) is 0 Å². The van der Waals surface area contributed by atoms with Crippen molar-refractivity contribution in [3.63, 3.8) is 0 Å². The number of nitrogens with zero attached hydrogens (tertiary/aromatic N) is 1. The molecule has 3 rings (SSSR count). The van der Waals surface area contributed by atoms with Gasteiger partial charge in [0.2, 0.25) is 0 Å². The maximum absolute atomic E-state index is 11.7. The summed E-state index contributed by atoms with van der Waals surface area (Å²) in [6.07, 6.45) is 1.92. The zero-order chi connectivity index (χ0) is 22.8. The Bertz CT molecular complexity index is 779. The maximum Gasteiger partial charge on any atom is 0.328 e. The van der Waals surface area contributed by atoms with Crippen LogP contribution in [0.1, 0.15) is 12.8 Å². The largest absolute Gasteiger partial charge is 0.486 e. The number of esters is 1. The molecule has 1 aromatic carbocycles. The van der Waals surface area contributed by atoms with E-state index >= 15 is 0 Å². The van der Waals surface area contributed by atoms with E-state index in [2.05, 4.69) is 4.90 Å². The first-order chi connectivity index (χ1) is 14.8. The molecule has 1 saturated heterocycles. The Kier molecular flexibility index (Phi) is 9.29. The summed E-state index contributed by atoms with van der Waals surface area (Å²) in [5.74, 6) is -1.74. The van der Waals surface area contributed by atoms with E-state index in [1.54, 1.807) is 0 Å². The highest BCUT2D eigenvalue weighted by Gasteiger charge is 2.34. The van der Waals surface area contributed by atoms with Crippen molar-refractivity contribution in [3.05, 3.63) is 36.4 Å². The second kappa shape index (κ2) is 11.9. The number of para-hydroxylation sites is 2. The van der Waals surface area contributed by atoms with Gasteiger partial charge in [-0.1, -0.05) is 12.1 Å². The molecule has 10 heteroatoms. The zero-order valence-electron chi connectivity index (χ0n) is 17.2. The summed E-state index contributed by atoms with van der Waals surface area (Å²) in [6.45, 7) is 2.64. The van der Waals surface area contributed by atoms with E-state index in [9.17, 15) is 19.5 Å². The predicted octanol–water partition coefficient (Wildman–Crippen LogP) is 0.784. The minimum atomic E-state index is -1.26. The van der Waals surface area contributed by atoms with Gasteiger partial charge in [0.15, 0.2) is 11.5 Å². The SMILES string of the molecule is COC(=O)[C@@H]1CN(CCC2COc3ccccc3O2)CC[C@H]1O.O=C(O)C=CC(=O)O. The van der Waals surface area contributed by atoms with Crippen molar-refractivity contribution in [1.82, 2.24) is 4.90 Å². The van der Waals surface area contributed by atoms with E-state index in [0.29, 0.717) is 31.7 Å². The molecule has 31 heavy (non-hydrogen) atoms. The van der Waals surface area contributed by atoms with Gasteiger partial charge < -0.3 is 34.4 Å². The van der Waals surface area contributed by atoms with Crippen LogP contribution in [0.25, 0.3) is 0 Å². The van der Waals surface area contributed by atoms with Gasteiger partial charge in [0.1, 0.15) is 12.7 Å². The van der Waals surface area contributed by atoms with E-state index in [-0.39, 0.29) is 12.1 Å². The summed E-state index contributed by atoms with van der Waals surface area (Å²) in [5, 5.41) is 25.6. The van der Waals surface area contributed by atoms with Crippen LogP contribution in [0.2, 0.25) is 0 Å². The minimum absolute atomic E-state index is 0.00771. The zero-order valence-corrected chi connectivity index (χ0v) is 17.2. The van der Waals surface area contributed by atoms with Crippen molar-refractivity contribution in [1.29, 1.82) is 0 Å². The van der Waals surface area contributed by atoms with Gasteiger partial charge in [-0.3, -0.25) is 4.79 Å². The van der Waals surface area contributed by atoms with Gasteiger partial charge in [0.25, 0.3) is 0 Å². The number of ether oxygens (including phenoxy) is 3. The van der Waals surface area contributed by atoms with Crippen molar-refractivity contribution in [2.24, 2.45) is 5.92 Å². The molecule has 170 valence electrons. The third kappa shape index (κ3) is 7.91. The fourth-order valence-electron chi connectivity index (χ4n) is 3.27. The summed E-state index contributed by atoms with van der Waals surface area (Å²) in [5.41, 5.74) is 0. The second-order valence-electron chi connectivity index (χ2n) is 7.08. The van der Waals surface area contributed by atoms with E-state index in [4.69, 9.17) is 24.4 Å². The molecule has 0 bridgehead atoms. The number of carbonyl (C=O) groups excluding carboxylic acids is 1. The fraction of sp³-hybridized carbons (Fsp3) is 0.476. The molecule has 10 nitrogen and oxygen atoms in total. The fourth-order valence-corrected chi connectivity index (χ4v) is 3.27. The number of benzene rings is 1. The number of rotatable bonds is 6. The minimum Gasteiger partial charge on any atom is -0.486 e. The molecule has 2 aliphatic heterocycles. The quantitative estimate of drug-likeness (QED) is 0.432. The number of hydrogen-bond donors (Lipinski definition) is 3. The molecule has 3 N–H and O–H groups in total. The first-order valence-corrected chi connectivity index (χ1v) is 9.80. The molecule has 1 aromatic rings. The van der Waals surface area contributed by atoms with Crippen LogP contribution in [0.4, 0.5) is 0 Å². The first-order valence-electron chi connectivity index (χ1n) is 9.80. The Morgan fingerprint density at radius 3 is 2.42 bits per heavy atom. The van der Waals surface area contributed by atoms with Gasteiger partial charge in [0, 0.05) is 38.2 Å². The number of fused-ring (bicyclic) bond motifs is 1. The predicted molar refractivity (Wildman–Crippen MR) is 108 cm³/mol. The molecule has 1 unspecified atom stereocenters. The lowest BCUT2D eigenvalue weighted by atomic mass is 9.94. The number of aliphatic carboxylic acids is 2. The second-order valence-corrected chi connectivity index (χ2v) is 7.08. The van der Waals surface area contributed by atoms with E-state index in [1.165, 1.54) is 7.11 Å². The highest BCUT2D eigenvalue weighted by molar-refractivity contribution is 5.89. The molecule has 0 aliphatic carbocycles. The molecule has 0 radical (unpaired) electrons.